The maximum Gasteiger partial charge on any atom is 0.256 e. The van der Waals surface area contributed by atoms with Gasteiger partial charge in [0.05, 0.1) is 24.7 Å². The van der Waals surface area contributed by atoms with Crippen molar-refractivity contribution in [3.63, 3.8) is 0 Å². The summed E-state index contributed by atoms with van der Waals surface area (Å²) in [7, 11) is 1.64. The largest absolute Gasteiger partial charge is 0.495 e. The van der Waals surface area contributed by atoms with Gasteiger partial charge in [-0.2, -0.15) is 0 Å². The molecule has 1 heterocycles. The van der Waals surface area contributed by atoms with Crippen molar-refractivity contribution in [3.05, 3.63) is 77.5 Å². The smallest absolute Gasteiger partial charge is 0.256 e. The number of nitrogens with zero attached hydrogens (tertiary/aromatic N) is 1. The predicted molar refractivity (Wildman–Crippen MR) is 104 cm³/mol. The van der Waals surface area contributed by atoms with E-state index in [-0.39, 0.29) is 5.91 Å². The van der Waals surface area contributed by atoms with E-state index >= 15 is 0 Å². The molecule has 0 aliphatic carbocycles. The third-order valence-corrected chi connectivity index (χ3v) is 3.92. The number of rotatable bonds is 5. The van der Waals surface area contributed by atoms with E-state index in [0.717, 1.165) is 28.3 Å². The molecule has 26 heavy (non-hydrogen) atoms. The number of nitrogens with one attached hydrogen (secondary N) is 2. The predicted octanol–water partition coefficient (Wildman–Crippen LogP) is 4.70. The van der Waals surface area contributed by atoms with E-state index in [4.69, 9.17) is 4.74 Å². The van der Waals surface area contributed by atoms with Gasteiger partial charge in [-0.05, 0) is 55.8 Å². The molecule has 5 nitrogen and oxygen atoms in total. The highest BCUT2D eigenvalue weighted by molar-refractivity contribution is 6.03. The second-order valence-electron chi connectivity index (χ2n) is 6.08. The monoisotopic (exact) mass is 347 g/mol. The summed E-state index contributed by atoms with van der Waals surface area (Å²) >= 11 is 0. The molecule has 2 N–H and O–H groups in total. The average molecular weight is 347 g/mol. The molecule has 0 bridgehead atoms. The van der Waals surface area contributed by atoms with Crippen LogP contribution in [0.4, 0.5) is 17.2 Å². The van der Waals surface area contributed by atoms with Gasteiger partial charge in [0, 0.05) is 5.56 Å². The highest BCUT2D eigenvalue weighted by atomic mass is 16.5. The Kier molecular flexibility index (Phi) is 5.17. The van der Waals surface area contributed by atoms with Gasteiger partial charge < -0.3 is 15.4 Å². The highest BCUT2D eigenvalue weighted by Gasteiger charge is 2.08. The van der Waals surface area contributed by atoms with E-state index in [1.54, 1.807) is 25.4 Å². The lowest BCUT2D eigenvalue weighted by atomic mass is 10.1. The van der Waals surface area contributed by atoms with Crippen LogP contribution in [0.25, 0.3) is 0 Å². The molecule has 5 heteroatoms. The summed E-state index contributed by atoms with van der Waals surface area (Å²) in [6.45, 7) is 3.97. The van der Waals surface area contributed by atoms with Crippen molar-refractivity contribution < 1.29 is 9.53 Å². The first-order valence-electron chi connectivity index (χ1n) is 8.31. The molecule has 2 aromatic carbocycles. The van der Waals surface area contributed by atoms with Gasteiger partial charge in [0.2, 0.25) is 0 Å². The van der Waals surface area contributed by atoms with Crippen LogP contribution in [0, 0.1) is 13.8 Å². The average Bonchev–Trinajstić information content (AvgIpc) is 2.63. The Morgan fingerprint density at radius 2 is 1.81 bits per heavy atom. The molecule has 3 rings (SSSR count). The van der Waals surface area contributed by atoms with Gasteiger partial charge in [-0.1, -0.05) is 23.8 Å². The summed E-state index contributed by atoms with van der Waals surface area (Å²) in [6, 6.07) is 17.0. The first-order valence-corrected chi connectivity index (χ1v) is 8.31. The SMILES string of the molecule is COc1ccc(C)cc1Nc1ccc(NC(=O)c2cccc(C)c2)nc1. The number of aromatic nitrogens is 1. The molecular formula is C21H21N3O2. The Labute approximate surface area is 153 Å². The molecule has 0 aliphatic rings. The lowest BCUT2D eigenvalue weighted by Crippen LogP contribution is -2.13. The molecule has 0 aliphatic heterocycles. The molecule has 0 saturated carbocycles. The lowest BCUT2D eigenvalue weighted by Gasteiger charge is -2.12. The van der Waals surface area contributed by atoms with Gasteiger partial charge in [0.15, 0.2) is 0 Å². The minimum absolute atomic E-state index is 0.178. The Morgan fingerprint density at radius 1 is 1.00 bits per heavy atom. The lowest BCUT2D eigenvalue weighted by molar-refractivity contribution is 0.102. The van der Waals surface area contributed by atoms with E-state index < -0.39 is 0 Å². The van der Waals surface area contributed by atoms with Crippen LogP contribution in [0.2, 0.25) is 0 Å². The van der Waals surface area contributed by atoms with Crippen LogP contribution in [0.3, 0.4) is 0 Å². The molecule has 0 radical (unpaired) electrons. The summed E-state index contributed by atoms with van der Waals surface area (Å²) in [5.41, 5.74) is 4.45. The summed E-state index contributed by atoms with van der Waals surface area (Å²) < 4.78 is 5.37. The number of pyridine rings is 1. The van der Waals surface area contributed by atoms with E-state index in [9.17, 15) is 4.79 Å². The van der Waals surface area contributed by atoms with Crippen LogP contribution in [0.1, 0.15) is 21.5 Å². The number of carbonyl (C=O) groups is 1. The molecule has 0 spiro atoms. The van der Waals surface area contributed by atoms with Crippen molar-refractivity contribution in [2.75, 3.05) is 17.7 Å². The third kappa shape index (κ3) is 4.19. The van der Waals surface area contributed by atoms with Crippen LogP contribution in [-0.4, -0.2) is 18.0 Å². The second-order valence-corrected chi connectivity index (χ2v) is 6.08. The van der Waals surface area contributed by atoms with E-state index in [1.807, 2.05) is 56.3 Å². The first-order chi connectivity index (χ1) is 12.5. The number of benzene rings is 2. The minimum atomic E-state index is -0.178. The van der Waals surface area contributed by atoms with Gasteiger partial charge in [-0.15, -0.1) is 0 Å². The number of anilines is 3. The molecule has 3 aromatic rings. The molecule has 1 amide bonds. The first kappa shape index (κ1) is 17.5. The molecule has 0 fully saturated rings. The third-order valence-electron chi connectivity index (χ3n) is 3.92. The van der Waals surface area contributed by atoms with Crippen molar-refractivity contribution >= 4 is 23.1 Å². The Balaban J connectivity index is 1.71. The fourth-order valence-electron chi connectivity index (χ4n) is 2.59. The molecule has 0 atom stereocenters. The number of hydrogen-bond acceptors (Lipinski definition) is 4. The van der Waals surface area contributed by atoms with Crippen molar-refractivity contribution in [3.8, 4) is 5.75 Å². The summed E-state index contributed by atoms with van der Waals surface area (Å²) in [5, 5.41) is 6.09. The summed E-state index contributed by atoms with van der Waals surface area (Å²) in [6.07, 6.45) is 1.67. The van der Waals surface area contributed by atoms with Gasteiger partial charge in [0.25, 0.3) is 5.91 Å². The topological polar surface area (TPSA) is 63.2 Å². The number of aryl methyl sites for hydroxylation is 2. The Bertz CT molecular complexity index is 921. The Hall–Kier alpha value is -3.34. The molecule has 0 saturated heterocycles. The summed E-state index contributed by atoms with van der Waals surface area (Å²) in [5.74, 6) is 1.08. The maximum atomic E-state index is 12.3. The van der Waals surface area contributed by atoms with Crippen molar-refractivity contribution in [2.24, 2.45) is 0 Å². The van der Waals surface area contributed by atoms with Crippen molar-refractivity contribution in [2.45, 2.75) is 13.8 Å². The molecule has 132 valence electrons. The maximum absolute atomic E-state index is 12.3. The highest BCUT2D eigenvalue weighted by Crippen LogP contribution is 2.28. The number of amides is 1. The van der Waals surface area contributed by atoms with Crippen LogP contribution in [0.5, 0.6) is 5.75 Å². The van der Waals surface area contributed by atoms with Gasteiger partial charge in [0.1, 0.15) is 11.6 Å². The van der Waals surface area contributed by atoms with E-state index in [0.29, 0.717) is 11.4 Å². The van der Waals surface area contributed by atoms with Crippen LogP contribution in [0.15, 0.2) is 60.8 Å². The van der Waals surface area contributed by atoms with Crippen LogP contribution in [-0.2, 0) is 0 Å². The fraction of sp³-hybridized carbons (Fsp3) is 0.143. The zero-order chi connectivity index (χ0) is 18.5. The second kappa shape index (κ2) is 7.70. The van der Waals surface area contributed by atoms with Crippen LogP contribution >= 0.6 is 0 Å². The minimum Gasteiger partial charge on any atom is -0.495 e. The van der Waals surface area contributed by atoms with E-state index in [2.05, 4.69) is 15.6 Å². The number of hydrogen-bond donors (Lipinski definition) is 2. The number of carbonyl (C=O) groups excluding carboxylic acids is 1. The van der Waals surface area contributed by atoms with E-state index in [1.165, 1.54) is 0 Å². The molecular weight excluding hydrogens is 326 g/mol. The standard InChI is InChI=1S/C21H21N3O2/c1-14-5-4-6-16(11-14)21(25)24-20-10-8-17(13-22-20)23-18-12-15(2)7-9-19(18)26-3/h4-13,23H,1-3H3,(H,22,24,25). The molecule has 0 unspecified atom stereocenters. The number of methoxy groups -OCH3 is 1. The van der Waals surface area contributed by atoms with Gasteiger partial charge in [-0.3, -0.25) is 4.79 Å². The fourth-order valence-corrected chi connectivity index (χ4v) is 2.59. The van der Waals surface area contributed by atoms with Gasteiger partial charge in [-0.25, -0.2) is 4.98 Å². The Morgan fingerprint density at radius 3 is 2.50 bits per heavy atom. The quantitative estimate of drug-likeness (QED) is 0.702. The summed E-state index contributed by atoms with van der Waals surface area (Å²) in [4.78, 5) is 16.6. The van der Waals surface area contributed by atoms with Crippen molar-refractivity contribution in [1.82, 2.24) is 4.98 Å². The normalized spacial score (nSPS) is 10.3. The van der Waals surface area contributed by atoms with Gasteiger partial charge >= 0.3 is 0 Å². The van der Waals surface area contributed by atoms with Crippen LogP contribution < -0.4 is 15.4 Å². The zero-order valence-electron chi connectivity index (χ0n) is 15.0. The number of ether oxygens (including phenoxy) is 1. The zero-order valence-corrected chi connectivity index (χ0v) is 15.0. The molecule has 1 aromatic heterocycles. The van der Waals surface area contributed by atoms with Crippen molar-refractivity contribution in [1.29, 1.82) is 0 Å².